The Morgan fingerprint density at radius 3 is 2.70 bits per heavy atom. The van der Waals surface area contributed by atoms with Crippen LogP contribution >= 0.6 is 7.60 Å². The first kappa shape index (κ1) is 26.9. The number of hydrogen-bond donors (Lipinski definition) is 3. The molecule has 4 rings (SSSR count). The van der Waals surface area contributed by atoms with Crippen molar-refractivity contribution in [3.63, 3.8) is 0 Å². The highest BCUT2D eigenvalue weighted by molar-refractivity contribution is 7.54. The molecule has 0 amide bonds. The summed E-state index contributed by atoms with van der Waals surface area (Å²) in [7, 11) is -4.64. The van der Waals surface area contributed by atoms with Gasteiger partial charge in [-0.3, -0.25) is 19.1 Å². The first-order valence-corrected chi connectivity index (χ1v) is 14.0. The van der Waals surface area contributed by atoms with Gasteiger partial charge in [-0.05, 0) is 32.0 Å². The number of hydrogen-bond acceptors (Lipinski definition) is 10. The van der Waals surface area contributed by atoms with Gasteiger partial charge in [0.1, 0.15) is 24.6 Å². The summed E-state index contributed by atoms with van der Waals surface area (Å²) in [5, 5.41) is 10.8. The van der Waals surface area contributed by atoms with Crippen LogP contribution in [0.15, 0.2) is 47.4 Å². The van der Waals surface area contributed by atoms with E-state index < -0.39 is 74.6 Å². The topological polar surface area (TPSA) is 168 Å². The van der Waals surface area contributed by atoms with Crippen molar-refractivity contribution < 1.29 is 44.5 Å². The van der Waals surface area contributed by atoms with Crippen molar-refractivity contribution in [3.8, 4) is 5.75 Å². The summed E-state index contributed by atoms with van der Waals surface area (Å²) in [5.41, 5.74) is 1.42. The van der Waals surface area contributed by atoms with E-state index in [1.54, 1.807) is 32.0 Å². The molecule has 6 atom stereocenters. The van der Waals surface area contributed by atoms with Crippen molar-refractivity contribution in [1.29, 1.82) is 0 Å². The fourth-order valence-electron chi connectivity index (χ4n) is 4.13. The van der Waals surface area contributed by atoms with Crippen LogP contribution in [0.2, 0.25) is 0 Å². The minimum absolute atomic E-state index is 0.00289. The number of nitrogens with two attached hydrogens (primary N) is 1. The molecule has 1 aliphatic rings. The summed E-state index contributed by atoms with van der Waals surface area (Å²) in [4.78, 5) is 30.9. The number of rotatable bonds is 11. The largest absolute Gasteiger partial charge is 0.463 e. The molecule has 1 fully saturated rings. The number of para-hydroxylation sites is 1. The monoisotopic (exact) mass is 586 g/mol. The molecule has 15 heteroatoms. The molecule has 3 aromatic rings. The first-order valence-electron chi connectivity index (χ1n) is 13.3. The summed E-state index contributed by atoms with van der Waals surface area (Å²) in [5.74, 6) is -2.20. The van der Waals surface area contributed by atoms with Gasteiger partial charge < -0.3 is 29.4 Å². The summed E-state index contributed by atoms with van der Waals surface area (Å²) in [6.45, 7) is -0.539. The van der Waals surface area contributed by atoms with Gasteiger partial charge in [-0.1, -0.05) is 25.1 Å². The number of benzene rings is 1. The molecule has 0 saturated carbocycles. The molecule has 1 aliphatic heterocycles. The number of ether oxygens (including phenoxy) is 2. The number of alkyl halides is 2. The molecule has 4 N–H and O–H groups in total. The Bertz CT molecular complexity index is 1540. The highest BCUT2D eigenvalue weighted by Crippen LogP contribution is 2.51. The Labute approximate surface area is 230 Å². The molecule has 0 aliphatic carbocycles. The van der Waals surface area contributed by atoms with Crippen LogP contribution in [-0.2, 0) is 23.4 Å². The number of esters is 1. The van der Waals surface area contributed by atoms with Crippen LogP contribution < -0.4 is 15.8 Å². The highest BCUT2D eigenvalue weighted by Gasteiger charge is 2.59. The maximum Gasteiger partial charge on any atom is 0.380 e. The highest BCUT2D eigenvalue weighted by atomic mass is 31.2. The number of carbonyl (C=O) groups excluding carboxylic acids is 1. The minimum Gasteiger partial charge on any atom is -0.463 e. The number of halogens is 2. The second-order valence-electron chi connectivity index (χ2n) is 9.62. The van der Waals surface area contributed by atoms with Crippen LogP contribution in [0.1, 0.15) is 29.7 Å². The van der Waals surface area contributed by atoms with Crippen molar-refractivity contribution in [2.45, 2.75) is 51.0 Å². The predicted octanol–water partition coefficient (Wildman–Crippen LogP) is 3.12. The molecule has 3 heterocycles. The SMILES string of the molecule is [2H]C([2H])(O[P@@](=O)(C[C@@H](C)C(=O)OC(C)C)Oc1ccccc1)[C@H]1O[C@@H](n2ccc3c(=O)[nH]c(N)nc32)C(F)(CF)[C@H]1O. The number of aliphatic hydroxyl groups excluding tert-OH is 1. The number of carbonyl (C=O) groups is 1. The molecule has 12 nitrogen and oxygen atoms in total. The van der Waals surface area contributed by atoms with Gasteiger partial charge in [-0.25, -0.2) is 13.3 Å². The molecule has 1 aromatic carbocycles. The average molecular weight is 587 g/mol. The number of nitrogens with zero attached hydrogens (tertiary/aromatic N) is 2. The summed E-state index contributed by atoms with van der Waals surface area (Å²) in [6.07, 6.45) is -6.86. The Hall–Kier alpha value is -3.32. The van der Waals surface area contributed by atoms with Crippen LogP contribution in [0.5, 0.6) is 5.75 Å². The Morgan fingerprint density at radius 2 is 2.05 bits per heavy atom. The Balaban J connectivity index is 1.68. The lowest BCUT2D eigenvalue weighted by atomic mass is 9.97. The van der Waals surface area contributed by atoms with E-state index in [0.717, 1.165) is 10.8 Å². The van der Waals surface area contributed by atoms with E-state index in [2.05, 4.69) is 9.97 Å². The lowest BCUT2D eigenvalue weighted by Crippen LogP contribution is -2.45. The predicted molar refractivity (Wildman–Crippen MR) is 140 cm³/mol. The van der Waals surface area contributed by atoms with Crippen molar-refractivity contribution >= 4 is 30.5 Å². The molecular weight excluding hydrogens is 553 g/mol. The van der Waals surface area contributed by atoms with Gasteiger partial charge in [0, 0.05) is 6.20 Å². The van der Waals surface area contributed by atoms with E-state index in [4.69, 9.17) is 27.0 Å². The molecule has 0 radical (unpaired) electrons. The lowest BCUT2D eigenvalue weighted by Gasteiger charge is -2.26. The van der Waals surface area contributed by atoms with Crippen LogP contribution in [0.25, 0.3) is 11.0 Å². The van der Waals surface area contributed by atoms with Crippen molar-refractivity contribution in [2.75, 3.05) is 25.1 Å². The van der Waals surface area contributed by atoms with Crippen molar-refractivity contribution in [1.82, 2.24) is 14.5 Å². The average Bonchev–Trinajstić information content (AvgIpc) is 3.42. The zero-order chi connectivity index (χ0) is 31.0. The van der Waals surface area contributed by atoms with Gasteiger partial charge in [0.15, 0.2) is 11.9 Å². The number of nitrogen functional groups attached to an aromatic ring is 1. The van der Waals surface area contributed by atoms with Gasteiger partial charge in [0.25, 0.3) is 5.56 Å². The third kappa shape index (κ3) is 6.04. The molecule has 218 valence electrons. The van der Waals surface area contributed by atoms with Crippen LogP contribution in [0.4, 0.5) is 14.7 Å². The molecule has 1 saturated heterocycles. The van der Waals surface area contributed by atoms with Gasteiger partial charge in [0.2, 0.25) is 11.6 Å². The number of anilines is 1. The maximum atomic E-state index is 16.1. The number of nitrogens with one attached hydrogen (secondary N) is 1. The van der Waals surface area contributed by atoms with Crippen molar-refractivity contribution in [2.24, 2.45) is 5.92 Å². The minimum atomic E-state index is -4.64. The van der Waals surface area contributed by atoms with Gasteiger partial charge in [0.05, 0.1) is 32.9 Å². The quantitative estimate of drug-likeness (QED) is 0.224. The number of aromatic nitrogens is 3. The van der Waals surface area contributed by atoms with E-state index in [-0.39, 0.29) is 22.7 Å². The van der Waals surface area contributed by atoms with E-state index in [1.807, 2.05) is 0 Å². The first-order chi connectivity index (χ1) is 19.6. The van der Waals surface area contributed by atoms with Crippen molar-refractivity contribution in [3.05, 3.63) is 52.9 Å². The maximum absolute atomic E-state index is 16.1. The normalized spacial score (nSPS) is 26.2. The van der Waals surface area contributed by atoms with E-state index in [0.29, 0.717) is 0 Å². The van der Waals surface area contributed by atoms with Crippen LogP contribution in [-0.4, -0.2) is 69.0 Å². The second-order valence-corrected chi connectivity index (χ2v) is 11.6. The fourth-order valence-corrected chi connectivity index (χ4v) is 5.85. The van der Waals surface area contributed by atoms with Gasteiger partial charge >= 0.3 is 13.6 Å². The molecule has 2 aromatic heterocycles. The Morgan fingerprint density at radius 1 is 1.35 bits per heavy atom. The Kier molecular flexibility index (Phi) is 7.83. The zero-order valence-electron chi connectivity index (χ0n) is 23.8. The number of H-pyrrole nitrogens is 1. The standard InChI is InChI=1S/C25H31F2N4O8P/c1-14(2)37-22(34)15(3)12-40(35,39-16-7-5-4-6-8-16)36-11-18-19(32)25(27,13-26)23(38-18)31-10-9-17-20(31)29-24(28)30-21(17)33/h4-10,14-15,18-19,23,32H,11-13H2,1-3H3,(H3,28,29,30,33)/t15-,18-,19+,23-,25?,40+/m1/s1/i11D2. The van der Waals surface area contributed by atoms with Gasteiger partial charge in [-0.15, -0.1) is 0 Å². The zero-order valence-corrected chi connectivity index (χ0v) is 22.7. The van der Waals surface area contributed by atoms with Gasteiger partial charge in [-0.2, -0.15) is 4.98 Å². The number of aliphatic hydroxyl groups is 1. The van der Waals surface area contributed by atoms with E-state index in [9.17, 15) is 23.7 Å². The summed E-state index contributed by atoms with van der Waals surface area (Å²) in [6, 6.07) is 8.78. The van der Waals surface area contributed by atoms with E-state index in [1.165, 1.54) is 25.1 Å². The fraction of sp³-hybridized carbons (Fsp3) is 0.480. The third-order valence-electron chi connectivity index (χ3n) is 6.07. The van der Waals surface area contributed by atoms with Crippen LogP contribution in [0.3, 0.4) is 0 Å². The van der Waals surface area contributed by atoms with E-state index >= 15 is 4.39 Å². The summed E-state index contributed by atoms with van der Waals surface area (Å²) >= 11 is 0. The molecule has 0 bridgehead atoms. The van der Waals surface area contributed by atoms with Crippen LogP contribution in [0, 0.1) is 5.92 Å². The lowest BCUT2D eigenvalue weighted by molar-refractivity contribution is -0.151. The molecule has 1 unspecified atom stereocenters. The number of aromatic amines is 1. The smallest absolute Gasteiger partial charge is 0.380 e. The molecular formula is C25H31F2N4O8P. The molecule has 40 heavy (non-hydrogen) atoms. The summed E-state index contributed by atoms with van der Waals surface area (Å²) < 4.78 is 83.8. The third-order valence-corrected chi connectivity index (χ3v) is 7.94. The molecule has 0 spiro atoms. The second kappa shape index (κ2) is 11.7. The number of fused-ring (bicyclic) bond motifs is 1.